The highest BCUT2D eigenvalue weighted by molar-refractivity contribution is 6.10. The van der Waals surface area contributed by atoms with Crippen LogP contribution in [0.1, 0.15) is 59.5 Å². The molecule has 1 aliphatic heterocycles. The lowest BCUT2D eigenvalue weighted by Gasteiger charge is -2.28. The molecule has 10 heteroatoms. The first-order valence-electron chi connectivity index (χ1n) is 12.4. The van der Waals surface area contributed by atoms with Crippen LogP contribution in [0.2, 0.25) is 0 Å². The molecule has 0 spiro atoms. The minimum absolute atomic E-state index is 0.00127. The highest BCUT2D eigenvalue weighted by Crippen LogP contribution is 2.38. The number of nitrogens with zero attached hydrogens (tertiary/aromatic N) is 4. The van der Waals surface area contributed by atoms with E-state index in [1.807, 2.05) is 36.4 Å². The molecular weight excluding hydrogens is 474 g/mol. The average molecular weight is 504 g/mol. The monoisotopic (exact) mass is 503 g/mol. The van der Waals surface area contributed by atoms with Gasteiger partial charge in [-0.1, -0.05) is 12.1 Å². The number of rotatable bonds is 7. The molecule has 1 fully saturated rings. The fourth-order valence-corrected chi connectivity index (χ4v) is 5.02. The number of anilines is 2. The number of fused-ring (bicyclic) bond motifs is 1. The van der Waals surface area contributed by atoms with Crippen molar-refractivity contribution >= 4 is 23.4 Å². The molecule has 1 saturated carbocycles. The fourth-order valence-electron chi connectivity index (χ4n) is 5.02. The quantitative estimate of drug-likeness (QED) is 0.492. The summed E-state index contributed by atoms with van der Waals surface area (Å²) >= 11 is 0. The van der Waals surface area contributed by atoms with Gasteiger partial charge in [-0.3, -0.25) is 14.6 Å². The fraction of sp³-hybridized carbons (Fsp3) is 0.370. The second-order valence-corrected chi connectivity index (χ2v) is 9.43. The van der Waals surface area contributed by atoms with Crippen LogP contribution in [0.4, 0.5) is 11.5 Å². The van der Waals surface area contributed by atoms with Crippen LogP contribution in [-0.4, -0.2) is 45.1 Å². The number of ether oxygens (including phenoxy) is 2. The predicted molar refractivity (Wildman–Crippen MR) is 136 cm³/mol. The summed E-state index contributed by atoms with van der Waals surface area (Å²) in [6.45, 7) is 0.810. The van der Waals surface area contributed by atoms with Gasteiger partial charge in [-0.15, -0.1) is 0 Å². The lowest BCUT2D eigenvalue weighted by Crippen LogP contribution is -2.32. The lowest BCUT2D eigenvalue weighted by atomic mass is 9.77. The van der Waals surface area contributed by atoms with Gasteiger partial charge >= 0.3 is 12.0 Å². The molecule has 5 rings (SSSR count). The molecule has 3 N–H and O–H groups in total. The van der Waals surface area contributed by atoms with Gasteiger partial charge in [0.05, 0.1) is 6.54 Å². The first-order chi connectivity index (χ1) is 18.0. The smallest absolute Gasteiger partial charge is 0.322 e. The third-order valence-electron chi connectivity index (χ3n) is 7.00. The molecule has 2 aliphatic rings. The summed E-state index contributed by atoms with van der Waals surface area (Å²) in [6, 6.07) is 11.6. The van der Waals surface area contributed by atoms with E-state index in [-0.39, 0.29) is 54.7 Å². The summed E-state index contributed by atoms with van der Waals surface area (Å²) in [5.41, 5.74) is 9.13. The summed E-state index contributed by atoms with van der Waals surface area (Å²) in [4.78, 5) is 38.5. The third-order valence-corrected chi connectivity index (χ3v) is 7.00. The molecular formula is C27H29N5O5. The molecule has 10 nitrogen and oxygen atoms in total. The van der Waals surface area contributed by atoms with Gasteiger partial charge in [-0.05, 0) is 72.9 Å². The largest absolute Gasteiger partial charge is 0.481 e. The average Bonchev–Trinajstić information content (AvgIpc) is 3.07. The lowest BCUT2D eigenvalue weighted by molar-refractivity contribution is -0.138. The number of aliphatic carboxylic acids is 1. The van der Waals surface area contributed by atoms with Gasteiger partial charge in [0, 0.05) is 24.5 Å². The van der Waals surface area contributed by atoms with E-state index in [0.717, 1.165) is 36.9 Å². The van der Waals surface area contributed by atoms with Crippen LogP contribution in [0.3, 0.4) is 0 Å². The number of pyridine rings is 1. The minimum atomic E-state index is -0.722. The first kappa shape index (κ1) is 24.5. The zero-order valence-electron chi connectivity index (χ0n) is 20.4. The molecule has 0 unspecified atom stereocenters. The van der Waals surface area contributed by atoms with E-state index in [1.165, 1.54) is 5.56 Å². The molecule has 3 heterocycles. The Kier molecular flexibility index (Phi) is 7.16. The van der Waals surface area contributed by atoms with Crippen LogP contribution in [0.15, 0.2) is 48.8 Å². The number of amides is 1. The van der Waals surface area contributed by atoms with E-state index in [2.05, 4.69) is 15.0 Å². The number of benzene rings is 1. The van der Waals surface area contributed by atoms with Gasteiger partial charge in [-0.25, -0.2) is 0 Å². The van der Waals surface area contributed by atoms with E-state index in [4.69, 9.17) is 20.3 Å². The SMILES string of the molecule is Nc1nc(OCc2ccncc2)nc2c1C(=O)N(c1ccc(C3CCC(CC(=O)O)CC3)cc1)CCO2. The standard InChI is InChI=1S/C27H29N5O5/c28-24-23-25(31-27(30-24)37-16-18-9-11-29-12-10-18)36-14-13-32(26(23)35)21-7-5-20(6-8-21)19-3-1-17(2-4-19)15-22(33)34/h5-12,17,19H,1-4,13-16H2,(H,33,34)(H2,28,30,31). The van der Waals surface area contributed by atoms with E-state index in [0.29, 0.717) is 12.5 Å². The number of aromatic nitrogens is 3. The number of carboxylic acids is 1. The second-order valence-electron chi connectivity index (χ2n) is 9.43. The van der Waals surface area contributed by atoms with E-state index < -0.39 is 5.97 Å². The van der Waals surface area contributed by atoms with Crippen molar-refractivity contribution in [1.82, 2.24) is 15.0 Å². The maximum Gasteiger partial charge on any atom is 0.322 e. The van der Waals surface area contributed by atoms with Gasteiger partial charge in [0.25, 0.3) is 5.91 Å². The maximum atomic E-state index is 13.4. The van der Waals surface area contributed by atoms with Gasteiger partial charge in [0.15, 0.2) is 0 Å². The Morgan fingerprint density at radius 2 is 1.81 bits per heavy atom. The van der Waals surface area contributed by atoms with Crippen molar-refractivity contribution in [2.75, 3.05) is 23.8 Å². The van der Waals surface area contributed by atoms with Gasteiger partial charge in [-0.2, -0.15) is 9.97 Å². The molecule has 1 aliphatic carbocycles. The van der Waals surface area contributed by atoms with Crippen molar-refractivity contribution in [3.05, 3.63) is 65.5 Å². The Morgan fingerprint density at radius 1 is 1.08 bits per heavy atom. The summed E-state index contributed by atoms with van der Waals surface area (Å²) in [5.74, 6) is -0.275. The number of nitrogens with two attached hydrogens (primary N) is 1. The summed E-state index contributed by atoms with van der Waals surface area (Å²) in [7, 11) is 0. The van der Waals surface area contributed by atoms with Crippen molar-refractivity contribution in [2.24, 2.45) is 5.92 Å². The maximum absolute atomic E-state index is 13.4. The summed E-state index contributed by atoms with van der Waals surface area (Å²) in [6.07, 6.45) is 7.37. The number of hydrogen-bond donors (Lipinski definition) is 2. The van der Waals surface area contributed by atoms with E-state index in [1.54, 1.807) is 17.3 Å². The molecule has 0 atom stereocenters. The third kappa shape index (κ3) is 5.63. The van der Waals surface area contributed by atoms with Gasteiger partial charge < -0.3 is 25.2 Å². The number of hydrogen-bond acceptors (Lipinski definition) is 8. The van der Waals surface area contributed by atoms with Crippen LogP contribution >= 0.6 is 0 Å². The first-order valence-corrected chi connectivity index (χ1v) is 12.4. The van der Waals surface area contributed by atoms with Crippen molar-refractivity contribution in [1.29, 1.82) is 0 Å². The molecule has 1 amide bonds. The zero-order valence-corrected chi connectivity index (χ0v) is 20.4. The molecule has 0 bridgehead atoms. The second kappa shape index (κ2) is 10.8. The van der Waals surface area contributed by atoms with Crippen LogP contribution in [-0.2, 0) is 11.4 Å². The topological polar surface area (TPSA) is 141 Å². The molecule has 37 heavy (non-hydrogen) atoms. The van der Waals surface area contributed by atoms with Crippen molar-refractivity contribution in [3.8, 4) is 11.9 Å². The number of carboxylic acid groups (broad SMARTS) is 1. The summed E-state index contributed by atoms with van der Waals surface area (Å²) < 4.78 is 11.4. The highest BCUT2D eigenvalue weighted by atomic mass is 16.5. The normalized spacial score (nSPS) is 19.5. The zero-order chi connectivity index (χ0) is 25.8. The van der Waals surface area contributed by atoms with Crippen molar-refractivity contribution in [3.63, 3.8) is 0 Å². The Morgan fingerprint density at radius 3 is 2.51 bits per heavy atom. The van der Waals surface area contributed by atoms with Crippen molar-refractivity contribution < 1.29 is 24.2 Å². The number of carbonyl (C=O) groups is 2. The molecule has 2 aromatic heterocycles. The highest BCUT2D eigenvalue weighted by Gasteiger charge is 2.30. The Bertz CT molecular complexity index is 1260. The Balaban J connectivity index is 1.28. The molecule has 1 aromatic carbocycles. The van der Waals surface area contributed by atoms with Crippen LogP contribution in [0, 0.1) is 5.92 Å². The number of nitrogen functional groups attached to an aromatic ring is 1. The Hall–Kier alpha value is -4.21. The van der Waals surface area contributed by atoms with Crippen LogP contribution in [0.25, 0.3) is 0 Å². The number of carbonyl (C=O) groups excluding carboxylic acids is 1. The van der Waals surface area contributed by atoms with Gasteiger partial charge in [0.2, 0.25) is 5.88 Å². The van der Waals surface area contributed by atoms with Gasteiger partial charge in [0.1, 0.15) is 24.6 Å². The van der Waals surface area contributed by atoms with E-state index in [9.17, 15) is 9.59 Å². The molecule has 0 radical (unpaired) electrons. The molecule has 3 aromatic rings. The minimum Gasteiger partial charge on any atom is -0.481 e. The van der Waals surface area contributed by atoms with Crippen LogP contribution in [0.5, 0.6) is 11.9 Å². The summed E-state index contributed by atoms with van der Waals surface area (Å²) in [5, 5.41) is 9.04. The van der Waals surface area contributed by atoms with Crippen molar-refractivity contribution in [2.45, 2.75) is 44.6 Å². The van der Waals surface area contributed by atoms with E-state index >= 15 is 0 Å². The predicted octanol–water partition coefficient (Wildman–Crippen LogP) is 3.82. The Labute approximate surface area is 214 Å². The molecule has 192 valence electrons. The van der Waals surface area contributed by atoms with Crippen LogP contribution < -0.4 is 20.1 Å². The molecule has 0 saturated heterocycles.